The maximum Gasteiger partial charge on any atom is 0.180 e. The fourth-order valence-electron chi connectivity index (χ4n) is 2.78. The van der Waals surface area contributed by atoms with E-state index in [0.717, 1.165) is 40.7 Å². The number of hydrogen-bond donors (Lipinski definition) is 0. The van der Waals surface area contributed by atoms with Gasteiger partial charge >= 0.3 is 0 Å². The van der Waals surface area contributed by atoms with Gasteiger partial charge in [-0.25, -0.2) is 0 Å². The first-order chi connectivity index (χ1) is 13.7. The largest absolute Gasteiger partial charge is 0.319 e. The molecule has 1 aromatic carbocycles. The van der Waals surface area contributed by atoms with Crippen molar-refractivity contribution in [2.24, 2.45) is 0 Å². The Morgan fingerprint density at radius 1 is 1.07 bits per heavy atom. The SMILES string of the molecule is C=C1C(=C/C(C)=C/C=C\C)C(=C)N(CC)C(=S)N1CC.Cc1ccc(Cl)c(Cl)c1. The molecule has 1 fully saturated rings. The molecule has 5 heteroatoms. The minimum atomic E-state index is 0.613. The van der Waals surface area contributed by atoms with Gasteiger partial charge in [-0.2, -0.15) is 0 Å². The molecule has 1 heterocycles. The van der Waals surface area contributed by atoms with E-state index in [0.29, 0.717) is 10.0 Å². The third-order valence-electron chi connectivity index (χ3n) is 4.37. The first-order valence-electron chi connectivity index (χ1n) is 9.58. The van der Waals surface area contributed by atoms with Crippen molar-refractivity contribution in [1.82, 2.24) is 9.80 Å². The van der Waals surface area contributed by atoms with Crippen LogP contribution in [-0.2, 0) is 0 Å². The van der Waals surface area contributed by atoms with E-state index in [1.54, 1.807) is 6.07 Å². The predicted molar refractivity (Wildman–Crippen MR) is 133 cm³/mol. The predicted octanol–water partition coefficient (Wildman–Crippen LogP) is 7.71. The van der Waals surface area contributed by atoms with Crippen LogP contribution in [0.1, 0.15) is 33.3 Å². The zero-order valence-electron chi connectivity index (χ0n) is 17.9. The number of benzene rings is 1. The summed E-state index contributed by atoms with van der Waals surface area (Å²) in [4.78, 5) is 4.12. The van der Waals surface area contributed by atoms with Crippen LogP contribution >= 0.6 is 35.4 Å². The second-order valence-electron chi connectivity index (χ2n) is 6.58. The molecular weight excluding hydrogens is 419 g/mol. The Bertz CT molecular complexity index is 838. The van der Waals surface area contributed by atoms with Crippen molar-refractivity contribution in [3.05, 3.63) is 93.8 Å². The van der Waals surface area contributed by atoms with Crippen molar-refractivity contribution < 1.29 is 0 Å². The van der Waals surface area contributed by atoms with E-state index in [9.17, 15) is 0 Å². The molecule has 1 aliphatic heterocycles. The summed E-state index contributed by atoms with van der Waals surface area (Å²) in [5.74, 6) is 0. The second kappa shape index (κ2) is 12.0. The lowest BCUT2D eigenvalue weighted by molar-refractivity contribution is 0.416. The number of nitrogens with zero attached hydrogens (tertiary/aromatic N) is 2. The average molecular weight is 449 g/mol. The van der Waals surface area contributed by atoms with Crippen LogP contribution in [0, 0.1) is 6.92 Å². The summed E-state index contributed by atoms with van der Waals surface area (Å²) < 4.78 is 0. The van der Waals surface area contributed by atoms with E-state index < -0.39 is 0 Å². The van der Waals surface area contributed by atoms with Crippen LogP contribution in [0.25, 0.3) is 0 Å². The zero-order valence-corrected chi connectivity index (χ0v) is 20.3. The van der Waals surface area contributed by atoms with E-state index in [4.69, 9.17) is 35.4 Å². The summed E-state index contributed by atoms with van der Waals surface area (Å²) in [5, 5.41) is 2.02. The summed E-state index contributed by atoms with van der Waals surface area (Å²) in [5.41, 5.74) is 5.21. The molecule has 2 nitrogen and oxygen atoms in total. The molecule has 0 atom stereocenters. The van der Waals surface area contributed by atoms with E-state index >= 15 is 0 Å². The topological polar surface area (TPSA) is 6.48 Å². The van der Waals surface area contributed by atoms with Gasteiger partial charge in [0, 0.05) is 30.1 Å². The number of rotatable bonds is 4. The molecular formula is C24H30Cl2N2S. The Kier molecular flexibility index (Phi) is 10.5. The number of halogens is 2. The van der Waals surface area contributed by atoms with Crippen molar-refractivity contribution in [1.29, 1.82) is 0 Å². The van der Waals surface area contributed by atoms with Crippen LogP contribution in [-0.4, -0.2) is 28.0 Å². The van der Waals surface area contributed by atoms with Crippen LogP contribution in [0.3, 0.4) is 0 Å². The lowest BCUT2D eigenvalue weighted by atomic mass is 10.0. The molecule has 1 saturated heterocycles. The lowest BCUT2D eigenvalue weighted by Gasteiger charge is -2.41. The minimum Gasteiger partial charge on any atom is -0.319 e. The van der Waals surface area contributed by atoms with Crippen molar-refractivity contribution in [2.75, 3.05) is 13.1 Å². The van der Waals surface area contributed by atoms with E-state index in [1.807, 2.05) is 38.1 Å². The number of hydrogen-bond acceptors (Lipinski definition) is 1. The molecule has 0 aromatic heterocycles. The monoisotopic (exact) mass is 448 g/mol. The Labute approximate surface area is 191 Å². The molecule has 1 aliphatic rings. The van der Waals surface area contributed by atoms with E-state index in [-0.39, 0.29) is 0 Å². The molecule has 0 spiro atoms. The molecule has 0 bridgehead atoms. The highest BCUT2D eigenvalue weighted by Gasteiger charge is 2.29. The maximum absolute atomic E-state index is 5.68. The van der Waals surface area contributed by atoms with Crippen LogP contribution < -0.4 is 0 Å². The highest BCUT2D eigenvalue weighted by atomic mass is 35.5. The fraction of sp³-hybridized carbons (Fsp3) is 0.292. The Hall–Kier alpha value is -1.81. The van der Waals surface area contributed by atoms with Gasteiger partial charge in [-0.1, -0.05) is 66.2 Å². The maximum atomic E-state index is 5.68. The standard InChI is InChI=1S/C17H24N2S.C7H6Cl2/c1-7-10-11-13(4)12-16-14(5)18(8-2)17(20)19(9-3)15(16)6;1-5-2-3-6(8)7(9)4-5/h7,10-12H,5-6,8-9H2,1-4H3;2-4H,1H3/b10-7-,13-11+;. The number of aryl methyl sites for hydroxylation is 1. The highest BCUT2D eigenvalue weighted by Crippen LogP contribution is 2.31. The average Bonchev–Trinajstić information content (AvgIpc) is 2.68. The summed E-state index contributed by atoms with van der Waals surface area (Å²) in [7, 11) is 0. The first kappa shape index (κ1) is 25.2. The number of thiocarbonyl (C=S) groups is 1. The molecule has 156 valence electrons. The van der Waals surface area contributed by atoms with Gasteiger partial charge in [0.25, 0.3) is 0 Å². The normalized spacial score (nSPS) is 15.1. The van der Waals surface area contributed by atoms with Crippen molar-refractivity contribution in [2.45, 2.75) is 34.6 Å². The van der Waals surface area contributed by atoms with Gasteiger partial charge in [-0.3, -0.25) is 0 Å². The molecule has 1 aromatic rings. The molecule has 0 N–H and O–H groups in total. The highest BCUT2D eigenvalue weighted by molar-refractivity contribution is 7.80. The summed E-state index contributed by atoms with van der Waals surface area (Å²) in [6.45, 7) is 20.2. The molecule has 0 amide bonds. The van der Waals surface area contributed by atoms with Gasteiger partial charge < -0.3 is 9.80 Å². The quantitative estimate of drug-likeness (QED) is 0.343. The Balaban J connectivity index is 0.000000387. The Morgan fingerprint density at radius 3 is 2.03 bits per heavy atom. The van der Waals surface area contributed by atoms with Gasteiger partial charge in [0.05, 0.1) is 10.0 Å². The minimum absolute atomic E-state index is 0.613. The van der Waals surface area contributed by atoms with Gasteiger partial charge in [0.15, 0.2) is 5.11 Å². The third-order valence-corrected chi connectivity index (χ3v) is 5.55. The smallest absolute Gasteiger partial charge is 0.180 e. The van der Waals surface area contributed by atoms with Gasteiger partial charge in [0.2, 0.25) is 0 Å². The molecule has 29 heavy (non-hydrogen) atoms. The number of allylic oxidation sites excluding steroid dienone is 5. The van der Waals surface area contributed by atoms with Crippen molar-refractivity contribution >= 4 is 40.5 Å². The summed E-state index contributed by atoms with van der Waals surface area (Å²) >= 11 is 16.8. The molecule has 0 aliphatic carbocycles. The van der Waals surface area contributed by atoms with E-state index in [2.05, 4.69) is 55.9 Å². The summed E-state index contributed by atoms with van der Waals surface area (Å²) in [6, 6.07) is 5.55. The second-order valence-corrected chi connectivity index (χ2v) is 7.76. The van der Waals surface area contributed by atoms with Crippen molar-refractivity contribution in [3.63, 3.8) is 0 Å². The van der Waals surface area contributed by atoms with Crippen LogP contribution in [0.15, 0.2) is 78.2 Å². The van der Waals surface area contributed by atoms with Crippen molar-refractivity contribution in [3.8, 4) is 0 Å². The Morgan fingerprint density at radius 2 is 1.62 bits per heavy atom. The van der Waals surface area contributed by atoms with Crippen LogP contribution in [0.4, 0.5) is 0 Å². The lowest BCUT2D eigenvalue weighted by Crippen LogP contribution is -2.46. The van der Waals surface area contributed by atoms with Crippen LogP contribution in [0.2, 0.25) is 10.0 Å². The summed E-state index contributed by atoms with van der Waals surface area (Å²) in [6.07, 6.45) is 8.24. The van der Waals surface area contributed by atoms with Gasteiger partial charge in [-0.05, 0) is 70.6 Å². The molecule has 0 unspecified atom stereocenters. The molecule has 0 radical (unpaired) electrons. The fourth-order valence-corrected chi connectivity index (χ4v) is 3.61. The molecule has 0 saturated carbocycles. The molecule has 2 rings (SSSR count). The van der Waals surface area contributed by atoms with Crippen LogP contribution in [0.5, 0.6) is 0 Å². The van der Waals surface area contributed by atoms with E-state index in [1.165, 1.54) is 5.57 Å². The zero-order chi connectivity index (χ0) is 22.1. The van der Waals surface area contributed by atoms with Gasteiger partial charge in [-0.15, -0.1) is 0 Å². The first-order valence-corrected chi connectivity index (χ1v) is 10.7. The third kappa shape index (κ3) is 6.88. The van der Waals surface area contributed by atoms with Gasteiger partial charge in [0.1, 0.15) is 0 Å². The number of likely N-dealkylation sites (N-methyl/N-ethyl adjacent to an activating group) is 2.